The summed E-state index contributed by atoms with van der Waals surface area (Å²) in [5.41, 5.74) is 1.95. The fourth-order valence-corrected chi connectivity index (χ4v) is 1.79. The minimum atomic E-state index is -0.770. The molecule has 0 saturated carbocycles. The summed E-state index contributed by atoms with van der Waals surface area (Å²) in [5.74, 6) is -0.770. The van der Waals surface area contributed by atoms with Crippen LogP contribution in [0.25, 0.3) is 0 Å². The first-order chi connectivity index (χ1) is 7.06. The minimum absolute atomic E-state index is 0.175. The van der Waals surface area contributed by atoms with E-state index >= 15 is 0 Å². The summed E-state index contributed by atoms with van der Waals surface area (Å²) in [7, 11) is 1.79. The van der Waals surface area contributed by atoms with Crippen molar-refractivity contribution >= 4 is 17.6 Å². The summed E-state index contributed by atoms with van der Waals surface area (Å²) < 4.78 is 1.64. The number of aliphatic carboxylic acids is 1. The van der Waals surface area contributed by atoms with Crippen molar-refractivity contribution in [2.75, 3.05) is 0 Å². The lowest BCUT2D eigenvalue weighted by atomic mass is 10.1. The zero-order chi connectivity index (χ0) is 11.4. The van der Waals surface area contributed by atoms with Gasteiger partial charge in [0.1, 0.15) is 5.15 Å². The second-order valence-electron chi connectivity index (χ2n) is 3.44. The van der Waals surface area contributed by atoms with Crippen LogP contribution in [0.1, 0.15) is 31.0 Å². The first kappa shape index (κ1) is 12.0. The van der Waals surface area contributed by atoms with Gasteiger partial charge in [0.15, 0.2) is 0 Å². The van der Waals surface area contributed by atoms with Gasteiger partial charge in [-0.25, -0.2) is 0 Å². The average Bonchev–Trinajstić information content (AvgIpc) is 2.44. The smallest absolute Gasteiger partial charge is 0.303 e. The van der Waals surface area contributed by atoms with Crippen molar-refractivity contribution in [2.45, 2.75) is 32.6 Å². The molecule has 0 aliphatic heterocycles. The highest BCUT2D eigenvalue weighted by Crippen LogP contribution is 2.21. The Bertz CT molecular complexity index is 361. The van der Waals surface area contributed by atoms with Crippen LogP contribution >= 0.6 is 11.6 Å². The summed E-state index contributed by atoms with van der Waals surface area (Å²) >= 11 is 6.06. The van der Waals surface area contributed by atoms with E-state index in [0.29, 0.717) is 18.0 Å². The van der Waals surface area contributed by atoms with Gasteiger partial charge in [0.2, 0.25) is 0 Å². The first-order valence-corrected chi connectivity index (χ1v) is 5.36. The van der Waals surface area contributed by atoms with Crippen LogP contribution in [0, 0.1) is 0 Å². The molecule has 0 radical (unpaired) electrons. The third kappa shape index (κ3) is 2.96. The quantitative estimate of drug-likeness (QED) is 0.842. The number of nitrogens with zero attached hydrogens (tertiary/aromatic N) is 2. The molecule has 0 aliphatic rings. The number of carbonyl (C=O) groups is 1. The van der Waals surface area contributed by atoms with Crippen LogP contribution in [0.15, 0.2) is 0 Å². The van der Waals surface area contributed by atoms with Crippen molar-refractivity contribution in [3.05, 3.63) is 16.4 Å². The topological polar surface area (TPSA) is 55.1 Å². The summed E-state index contributed by atoms with van der Waals surface area (Å²) in [6, 6.07) is 0. The fourth-order valence-electron chi connectivity index (χ4n) is 1.55. The predicted molar refractivity (Wildman–Crippen MR) is 58.2 cm³/mol. The van der Waals surface area contributed by atoms with Gasteiger partial charge in [0.25, 0.3) is 0 Å². The molecule has 15 heavy (non-hydrogen) atoms. The molecule has 1 rings (SSSR count). The highest BCUT2D eigenvalue weighted by atomic mass is 35.5. The largest absolute Gasteiger partial charge is 0.481 e. The second-order valence-corrected chi connectivity index (χ2v) is 3.80. The molecule has 4 nitrogen and oxygen atoms in total. The Balaban J connectivity index is 2.70. The van der Waals surface area contributed by atoms with E-state index in [4.69, 9.17) is 16.7 Å². The first-order valence-electron chi connectivity index (χ1n) is 4.98. The molecule has 0 atom stereocenters. The fraction of sp³-hybridized carbons (Fsp3) is 0.600. The van der Waals surface area contributed by atoms with Crippen LogP contribution in [0.4, 0.5) is 0 Å². The highest BCUT2D eigenvalue weighted by molar-refractivity contribution is 6.30. The van der Waals surface area contributed by atoms with Gasteiger partial charge in [-0.1, -0.05) is 18.5 Å². The number of hydrogen-bond acceptors (Lipinski definition) is 2. The standard InChI is InChI=1S/C10H15ClN2O2/c1-3-8-7(5-4-6-9(14)15)10(11)13(2)12-8/h3-6H2,1-2H3,(H,14,15). The van der Waals surface area contributed by atoms with Gasteiger partial charge in [-0.2, -0.15) is 5.10 Å². The molecule has 5 heteroatoms. The lowest BCUT2D eigenvalue weighted by Crippen LogP contribution is -1.97. The van der Waals surface area contributed by atoms with E-state index in [0.717, 1.165) is 17.7 Å². The SMILES string of the molecule is CCc1nn(C)c(Cl)c1CCCC(=O)O. The lowest BCUT2D eigenvalue weighted by Gasteiger charge is -1.99. The van der Waals surface area contributed by atoms with Crippen LogP contribution < -0.4 is 0 Å². The van der Waals surface area contributed by atoms with Crippen LogP contribution in [0.5, 0.6) is 0 Å². The molecule has 1 aromatic rings. The van der Waals surface area contributed by atoms with E-state index in [9.17, 15) is 4.79 Å². The molecule has 0 spiro atoms. The third-order valence-corrected chi connectivity index (χ3v) is 2.78. The molecule has 0 aliphatic carbocycles. The van der Waals surface area contributed by atoms with Crippen molar-refractivity contribution in [2.24, 2.45) is 7.05 Å². The number of carboxylic acid groups (broad SMARTS) is 1. The van der Waals surface area contributed by atoms with Crippen molar-refractivity contribution in [3.63, 3.8) is 0 Å². The van der Waals surface area contributed by atoms with Gasteiger partial charge in [-0.15, -0.1) is 0 Å². The number of carboxylic acids is 1. The minimum Gasteiger partial charge on any atom is -0.481 e. The van der Waals surface area contributed by atoms with Crippen LogP contribution in [0.2, 0.25) is 5.15 Å². The molecule has 0 unspecified atom stereocenters. The summed E-state index contributed by atoms with van der Waals surface area (Å²) in [4.78, 5) is 10.4. The van der Waals surface area contributed by atoms with Crippen molar-refractivity contribution in [1.29, 1.82) is 0 Å². The molecule has 1 aromatic heterocycles. The van der Waals surface area contributed by atoms with Crippen LogP contribution in [0.3, 0.4) is 0 Å². The molecule has 0 fully saturated rings. The lowest BCUT2D eigenvalue weighted by molar-refractivity contribution is -0.137. The third-order valence-electron chi connectivity index (χ3n) is 2.30. The van der Waals surface area contributed by atoms with Gasteiger partial charge in [-0.05, 0) is 19.3 Å². The van der Waals surface area contributed by atoms with Gasteiger partial charge < -0.3 is 5.11 Å². The zero-order valence-electron chi connectivity index (χ0n) is 8.96. The van der Waals surface area contributed by atoms with Gasteiger partial charge in [0.05, 0.1) is 5.69 Å². The molecule has 84 valence electrons. The summed E-state index contributed by atoms with van der Waals surface area (Å²) in [6.45, 7) is 2.01. The van der Waals surface area contributed by atoms with E-state index in [-0.39, 0.29) is 6.42 Å². The summed E-state index contributed by atoms with van der Waals surface area (Å²) in [5, 5.41) is 13.4. The molecular weight excluding hydrogens is 216 g/mol. The van der Waals surface area contributed by atoms with E-state index in [1.807, 2.05) is 6.92 Å². The van der Waals surface area contributed by atoms with Crippen LogP contribution in [-0.2, 0) is 24.7 Å². The molecule has 0 bridgehead atoms. The Morgan fingerprint density at radius 1 is 1.60 bits per heavy atom. The normalized spacial score (nSPS) is 10.6. The Morgan fingerprint density at radius 3 is 2.80 bits per heavy atom. The monoisotopic (exact) mass is 230 g/mol. The van der Waals surface area contributed by atoms with E-state index in [2.05, 4.69) is 5.10 Å². The molecule has 0 aromatic carbocycles. The Kier molecular flexibility index (Phi) is 4.15. The summed E-state index contributed by atoms with van der Waals surface area (Å²) in [6.07, 6.45) is 2.28. The molecule has 1 N–H and O–H groups in total. The second kappa shape index (κ2) is 5.16. The number of halogens is 1. The van der Waals surface area contributed by atoms with E-state index in [1.165, 1.54) is 0 Å². The molecule has 1 heterocycles. The maximum absolute atomic E-state index is 10.4. The van der Waals surface area contributed by atoms with E-state index < -0.39 is 5.97 Å². The Labute approximate surface area is 93.9 Å². The van der Waals surface area contributed by atoms with Gasteiger partial charge in [0, 0.05) is 19.0 Å². The van der Waals surface area contributed by atoms with Crippen molar-refractivity contribution in [1.82, 2.24) is 9.78 Å². The molecular formula is C10H15ClN2O2. The number of aromatic nitrogens is 2. The predicted octanol–water partition coefficient (Wildman–Crippen LogP) is 2.04. The van der Waals surface area contributed by atoms with Crippen molar-refractivity contribution < 1.29 is 9.90 Å². The average molecular weight is 231 g/mol. The number of rotatable bonds is 5. The molecule has 0 amide bonds. The van der Waals surface area contributed by atoms with Crippen molar-refractivity contribution in [3.8, 4) is 0 Å². The highest BCUT2D eigenvalue weighted by Gasteiger charge is 2.12. The number of aryl methyl sites for hydroxylation is 2. The van der Waals surface area contributed by atoms with Gasteiger partial charge in [-0.3, -0.25) is 9.48 Å². The maximum atomic E-state index is 10.4. The van der Waals surface area contributed by atoms with Crippen LogP contribution in [-0.4, -0.2) is 20.9 Å². The van der Waals surface area contributed by atoms with E-state index in [1.54, 1.807) is 11.7 Å². The Morgan fingerprint density at radius 2 is 2.27 bits per heavy atom. The zero-order valence-corrected chi connectivity index (χ0v) is 9.71. The van der Waals surface area contributed by atoms with Gasteiger partial charge >= 0.3 is 5.97 Å². The molecule has 0 saturated heterocycles. The maximum Gasteiger partial charge on any atom is 0.303 e. The Hall–Kier alpha value is -1.03. The number of hydrogen-bond donors (Lipinski definition) is 1.